The Bertz CT molecular complexity index is 1420. The van der Waals surface area contributed by atoms with E-state index in [0.29, 0.717) is 11.4 Å². The van der Waals surface area contributed by atoms with Crippen LogP contribution in [0.5, 0.6) is 0 Å². The zero-order valence-electron chi connectivity index (χ0n) is 22.6. The summed E-state index contributed by atoms with van der Waals surface area (Å²) in [5, 5.41) is 11.7. The average molecular weight is 542 g/mol. The van der Waals surface area contributed by atoms with E-state index in [1.54, 1.807) is 0 Å². The van der Waals surface area contributed by atoms with E-state index in [2.05, 4.69) is 74.5 Å². The second-order valence-electron chi connectivity index (χ2n) is 10.6. The summed E-state index contributed by atoms with van der Waals surface area (Å²) in [6, 6.07) is 26.8. The average Bonchev–Trinajstić information content (AvgIpc) is 2.95. The lowest BCUT2D eigenvalue weighted by atomic mass is 9.81. The molecule has 0 spiro atoms. The van der Waals surface area contributed by atoms with Crippen molar-refractivity contribution < 1.29 is 14.6 Å². The first kappa shape index (κ1) is 27.5. The summed E-state index contributed by atoms with van der Waals surface area (Å²) < 4.78 is 12.4. The lowest BCUT2D eigenvalue weighted by molar-refractivity contribution is -0.219. The molecule has 3 aromatic carbocycles. The Labute approximate surface area is 236 Å². The number of benzene rings is 3. The largest absolute Gasteiger partial charge is 0.396 e. The molecule has 1 unspecified atom stereocenters. The fourth-order valence-corrected chi connectivity index (χ4v) is 5.56. The first-order valence-electron chi connectivity index (χ1n) is 13.8. The molecule has 0 radical (unpaired) electrons. The number of pyridine rings is 1. The lowest BCUT2D eigenvalue weighted by Gasteiger charge is -2.35. The minimum Gasteiger partial charge on any atom is -0.396 e. The van der Waals surface area contributed by atoms with Gasteiger partial charge in [-0.2, -0.15) is 0 Å². The summed E-state index contributed by atoms with van der Waals surface area (Å²) in [5.74, 6) is 0.0475. The minimum absolute atomic E-state index is 0.0475. The van der Waals surface area contributed by atoms with E-state index in [4.69, 9.17) is 26.1 Å². The van der Waals surface area contributed by atoms with Gasteiger partial charge in [0.25, 0.3) is 0 Å². The number of hydrogen-bond acceptors (Lipinski definition) is 4. The first-order chi connectivity index (χ1) is 18.9. The van der Waals surface area contributed by atoms with Gasteiger partial charge < -0.3 is 14.6 Å². The van der Waals surface area contributed by atoms with Gasteiger partial charge in [-0.25, -0.2) is 4.98 Å². The van der Waals surface area contributed by atoms with E-state index < -0.39 is 5.60 Å². The summed E-state index contributed by atoms with van der Waals surface area (Å²) >= 11 is 6.14. The van der Waals surface area contributed by atoms with Gasteiger partial charge in [0.1, 0.15) is 0 Å². The Hall–Kier alpha value is -3.02. The van der Waals surface area contributed by atoms with Gasteiger partial charge in [-0.1, -0.05) is 78.3 Å². The van der Waals surface area contributed by atoms with Crippen molar-refractivity contribution in [1.82, 2.24) is 4.98 Å². The van der Waals surface area contributed by atoms with Crippen LogP contribution in [-0.2, 0) is 15.1 Å². The third-order valence-corrected chi connectivity index (χ3v) is 7.66. The molecule has 4 aromatic rings. The molecule has 202 valence electrons. The summed E-state index contributed by atoms with van der Waals surface area (Å²) in [6.07, 6.45) is 7.67. The van der Waals surface area contributed by atoms with Crippen LogP contribution in [-0.4, -0.2) is 29.6 Å². The van der Waals surface area contributed by atoms with Gasteiger partial charge in [0.2, 0.25) is 0 Å². The molecule has 1 aliphatic heterocycles. The smallest absolute Gasteiger partial charge is 0.158 e. The van der Waals surface area contributed by atoms with E-state index in [9.17, 15) is 5.11 Å². The van der Waals surface area contributed by atoms with Gasteiger partial charge in [0, 0.05) is 29.5 Å². The molecular formula is C34H36ClNO3. The molecule has 5 rings (SSSR count). The number of aromatic nitrogens is 1. The quantitative estimate of drug-likeness (QED) is 0.231. The highest BCUT2D eigenvalue weighted by molar-refractivity contribution is 6.31. The molecule has 4 nitrogen and oxygen atoms in total. The van der Waals surface area contributed by atoms with Gasteiger partial charge in [0.15, 0.2) is 6.29 Å². The molecule has 1 aliphatic rings. The zero-order chi connectivity index (χ0) is 27.2. The normalized spacial score (nSPS) is 17.1. The molecule has 0 saturated carbocycles. The Morgan fingerprint density at radius 3 is 2.59 bits per heavy atom. The summed E-state index contributed by atoms with van der Waals surface area (Å²) in [6.45, 7) is 5.08. The molecule has 2 heterocycles. The Kier molecular flexibility index (Phi) is 8.79. The van der Waals surface area contributed by atoms with E-state index in [1.165, 1.54) is 5.56 Å². The van der Waals surface area contributed by atoms with Crippen molar-refractivity contribution >= 4 is 34.7 Å². The lowest BCUT2D eigenvalue weighted by Crippen LogP contribution is -2.33. The molecular weight excluding hydrogens is 506 g/mol. The number of halogens is 1. The highest BCUT2D eigenvalue weighted by Gasteiger charge is 2.31. The van der Waals surface area contributed by atoms with Crippen molar-refractivity contribution in [3.05, 3.63) is 112 Å². The Balaban J connectivity index is 1.37. The first-order valence-corrected chi connectivity index (χ1v) is 14.1. The third kappa shape index (κ3) is 6.77. The zero-order valence-corrected chi connectivity index (χ0v) is 23.4. The Morgan fingerprint density at radius 2 is 1.82 bits per heavy atom. The molecule has 1 aromatic heterocycles. The van der Waals surface area contributed by atoms with Crippen LogP contribution in [0.4, 0.5) is 0 Å². The van der Waals surface area contributed by atoms with Gasteiger partial charge in [0.05, 0.1) is 16.8 Å². The SMILES string of the molecule is CC(C)(OC1CCCCO1)c1ccccc1[C@@H](CCO)c1ccc(C=Cc2ccc3ccc(Cl)cc3n2)cc1. The predicted molar refractivity (Wildman–Crippen MR) is 160 cm³/mol. The number of aliphatic hydroxyl groups excluding tert-OH is 1. The van der Waals surface area contributed by atoms with Gasteiger partial charge in [-0.05, 0) is 86.1 Å². The van der Waals surface area contributed by atoms with Crippen LogP contribution in [0, 0.1) is 0 Å². The Morgan fingerprint density at radius 1 is 1.03 bits per heavy atom. The minimum atomic E-state index is -0.522. The molecule has 1 fully saturated rings. The molecule has 1 saturated heterocycles. The van der Waals surface area contributed by atoms with Crippen molar-refractivity contribution in [2.24, 2.45) is 0 Å². The number of nitrogens with zero attached hydrogens (tertiary/aromatic N) is 1. The van der Waals surface area contributed by atoms with E-state index >= 15 is 0 Å². The van der Waals surface area contributed by atoms with Crippen LogP contribution in [0.3, 0.4) is 0 Å². The van der Waals surface area contributed by atoms with Crippen molar-refractivity contribution in [3.63, 3.8) is 0 Å². The highest BCUT2D eigenvalue weighted by atomic mass is 35.5. The topological polar surface area (TPSA) is 51.6 Å². The maximum absolute atomic E-state index is 9.99. The van der Waals surface area contributed by atoms with Crippen molar-refractivity contribution in [2.45, 2.75) is 57.3 Å². The number of ether oxygens (including phenoxy) is 2. The molecule has 0 aliphatic carbocycles. The molecule has 39 heavy (non-hydrogen) atoms. The van der Waals surface area contributed by atoms with Crippen LogP contribution in [0.15, 0.2) is 78.9 Å². The summed E-state index contributed by atoms with van der Waals surface area (Å²) in [7, 11) is 0. The molecule has 0 amide bonds. The van der Waals surface area contributed by atoms with Crippen LogP contribution < -0.4 is 0 Å². The second kappa shape index (κ2) is 12.4. The van der Waals surface area contributed by atoms with Gasteiger partial charge in [-0.15, -0.1) is 0 Å². The van der Waals surface area contributed by atoms with Crippen LogP contribution in [0.1, 0.15) is 73.4 Å². The van der Waals surface area contributed by atoms with Crippen molar-refractivity contribution in [3.8, 4) is 0 Å². The molecule has 2 atom stereocenters. The van der Waals surface area contributed by atoms with Gasteiger partial charge in [-0.3, -0.25) is 0 Å². The van der Waals surface area contributed by atoms with E-state index in [1.807, 2.05) is 30.3 Å². The second-order valence-corrected chi connectivity index (χ2v) is 11.1. The van der Waals surface area contributed by atoms with Crippen LogP contribution in [0.2, 0.25) is 5.02 Å². The number of hydrogen-bond donors (Lipinski definition) is 1. The van der Waals surface area contributed by atoms with Crippen LogP contribution >= 0.6 is 11.6 Å². The molecule has 1 N–H and O–H groups in total. The number of rotatable bonds is 9. The van der Waals surface area contributed by atoms with E-state index in [-0.39, 0.29) is 18.8 Å². The third-order valence-electron chi connectivity index (χ3n) is 7.43. The molecule has 0 bridgehead atoms. The number of fused-ring (bicyclic) bond motifs is 1. The monoisotopic (exact) mass is 541 g/mol. The predicted octanol–water partition coefficient (Wildman–Crippen LogP) is 8.35. The maximum Gasteiger partial charge on any atom is 0.158 e. The fourth-order valence-electron chi connectivity index (χ4n) is 5.40. The van der Waals surface area contributed by atoms with Crippen molar-refractivity contribution in [2.75, 3.05) is 13.2 Å². The van der Waals surface area contributed by atoms with Crippen molar-refractivity contribution in [1.29, 1.82) is 0 Å². The maximum atomic E-state index is 9.99. The summed E-state index contributed by atoms with van der Waals surface area (Å²) in [4.78, 5) is 4.72. The van der Waals surface area contributed by atoms with E-state index in [0.717, 1.165) is 59.2 Å². The number of aliphatic hydroxyl groups is 1. The summed E-state index contributed by atoms with van der Waals surface area (Å²) in [5.41, 5.74) is 5.79. The highest BCUT2D eigenvalue weighted by Crippen LogP contribution is 2.38. The fraction of sp³-hybridized carbons (Fsp3) is 0.324. The van der Waals surface area contributed by atoms with Crippen LogP contribution in [0.25, 0.3) is 23.1 Å². The van der Waals surface area contributed by atoms with Gasteiger partial charge >= 0.3 is 0 Å². The molecule has 5 heteroatoms. The standard InChI is InChI=1S/C34H36ClNO3/c1-34(2,39-33-9-5-6-22-38-33)31-8-4-3-7-30(31)29(20-21-37)25-13-10-24(11-14-25)12-18-28-19-16-26-15-17-27(35)23-32(26)36-28/h3-4,7-8,10-19,23,29,33,37H,5-6,9,20-22H2,1-2H3/t29-,33?/m0/s1.